The second-order valence-corrected chi connectivity index (χ2v) is 12.7. The molecule has 9 atom stereocenters. The van der Waals surface area contributed by atoms with Crippen LogP contribution in [0, 0.1) is 5.92 Å². The largest absolute Gasteiger partial charge is 0.495 e. The molecule has 258 valence electrons. The Morgan fingerprint density at radius 3 is 2.61 bits per heavy atom. The molecule has 12 nitrogen and oxygen atoms in total. The van der Waals surface area contributed by atoms with Crippen LogP contribution in [-0.4, -0.2) is 99.1 Å². The smallest absolute Gasteiger partial charge is 0.409 e. The Balaban J connectivity index is 1.71. The van der Waals surface area contributed by atoms with Crippen molar-refractivity contribution in [2.75, 3.05) is 33.2 Å². The zero-order chi connectivity index (χ0) is 34.4. The fourth-order valence-electron chi connectivity index (χ4n) is 5.95. The standard InChI is InChI=1S/C33H50ClN3O9/c1-10-26(45-30(39)21(4)35-6)32(5)29(46-32)20(3)25-17-33(41,36-31(40)44-25)27(43-9)13-11-12-19(2)14-22-15-23(37(7)18-38)28(34)24(16-22)42-8/h11-13,15-16,18,20-21,25-27,29-30,35,39,41H,10,14,17H2,1-9H3,(H,36,40). The molecule has 46 heavy (non-hydrogen) atoms. The second-order valence-electron chi connectivity index (χ2n) is 12.4. The maximum atomic E-state index is 12.7. The number of aliphatic hydroxyl groups excluding tert-OH is 1. The van der Waals surface area contributed by atoms with Crippen LogP contribution in [-0.2, 0) is 30.2 Å². The lowest BCUT2D eigenvalue weighted by Crippen LogP contribution is -2.63. The number of nitrogens with one attached hydrogen (secondary N) is 2. The first kappa shape index (κ1) is 37.7. The summed E-state index contributed by atoms with van der Waals surface area (Å²) in [5.41, 5.74) is -0.0527. The average Bonchev–Trinajstić information content (AvgIpc) is 3.72. The number of carbonyl (C=O) groups excluding carboxylic acids is 2. The van der Waals surface area contributed by atoms with Crippen LogP contribution in [0.15, 0.2) is 35.9 Å². The number of rotatable bonds is 17. The van der Waals surface area contributed by atoms with Crippen molar-refractivity contribution >= 4 is 29.8 Å². The molecule has 2 heterocycles. The Morgan fingerprint density at radius 1 is 1.33 bits per heavy atom. The van der Waals surface area contributed by atoms with Crippen molar-refractivity contribution in [1.29, 1.82) is 0 Å². The van der Waals surface area contributed by atoms with E-state index in [1.807, 2.05) is 52.8 Å². The molecule has 2 aliphatic rings. The maximum Gasteiger partial charge on any atom is 0.409 e. The molecule has 0 aromatic heterocycles. The van der Waals surface area contributed by atoms with Crippen molar-refractivity contribution in [3.8, 4) is 5.75 Å². The van der Waals surface area contributed by atoms with Gasteiger partial charge >= 0.3 is 6.09 Å². The van der Waals surface area contributed by atoms with Crippen molar-refractivity contribution in [3.63, 3.8) is 0 Å². The molecule has 0 bridgehead atoms. The third kappa shape index (κ3) is 8.60. The van der Waals surface area contributed by atoms with Crippen LogP contribution in [0.1, 0.15) is 53.0 Å². The highest BCUT2D eigenvalue weighted by Gasteiger charge is 2.63. The predicted molar refractivity (Wildman–Crippen MR) is 175 cm³/mol. The van der Waals surface area contributed by atoms with Crippen LogP contribution in [0.3, 0.4) is 0 Å². The number of epoxide rings is 1. The Labute approximate surface area is 277 Å². The maximum absolute atomic E-state index is 12.7. The summed E-state index contributed by atoms with van der Waals surface area (Å²) >= 11 is 6.39. The van der Waals surface area contributed by atoms with Gasteiger partial charge in [0, 0.05) is 26.5 Å². The number of methoxy groups -OCH3 is 2. The lowest BCUT2D eigenvalue weighted by molar-refractivity contribution is -0.166. The van der Waals surface area contributed by atoms with Crippen molar-refractivity contribution < 1.29 is 43.5 Å². The molecule has 2 aliphatic heterocycles. The number of anilines is 1. The fourth-order valence-corrected chi connectivity index (χ4v) is 6.27. The van der Waals surface area contributed by atoms with E-state index >= 15 is 0 Å². The highest BCUT2D eigenvalue weighted by molar-refractivity contribution is 6.35. The van der Waals surface area contributed by atoms with Crippen molar-refractivity contribution in [3.05, 3.63) is 46.5 Å². The van der Waals surface area contributed by atoms with Crippen LogP contribution in [0.2, 0.25) is 5.02 Å². The highest BCUT2D eigenvalue weighted by atomic mass is 35.5. The van der Waals surface area contributed by atoms with E-state index in [1.54, 1.807) is 26.2 Å². The number of hydrogen-bond acceptors (Lipinski definition) is 10. The Hall–Kier alpha value is -2.71. The molecular formula is C33H50ClN3O9. The summed E-state index contributed by atoms with van der Waals surface area (Å²) in [5, 5.41) is 27.9. The molecule has 13 heteroatoms. The Morgan fingerprint density at radius 2 is 2.02 bits per heavy atom. The number of halogens is 1. The van der Waals surface area contributed by atoms with E-state index in [0.717, 1.165) is 11.1 Å². The van der Waals surface area contributed by atoms with E-state index < -0.39 is 42.0 Å². The van der Waals surface area contributed by atoms with Crippen molar-refractivity contribution in [2.45, 2.75) is 102 Å². The van der Waals surface area contributed by atoms with E-state index in [0.29, 0.717) is 35.7 Å². The van der Waals surface area contributed by atoms with Crippen LogP contribution in [0.25, 0.3) is 0 Å². The van der Waals surface area contributed by atoms with Gasteiger partial charge < -0.3 is 44.1 Å². The molecule has 0 aliphatic carbocycles. The van der Waals surface area contributed by atoms with Crippen LogP contribution in [0.5, 0.6) is 5.75 Å². The minimum absolute atomic E-state index is 0.0516. The van der Waals surface area contributed by atoms with E-state index in [4.69, 9.17) is 35.3 Å². The van der Waals surface area contributed by atoms with Gasteiger partial charge in [-0.05, 0) is 58.4 Å². The first-order chi connectivity index (χ1) is 21.7. The van der Waals surface area contributed by atoms with E-state index in [1.165, 1.54) is 19.1 Å². The van der Waals surface area contributed by atoms with Gasteiger partial charge in [-0.2, -0.15) is 0 Å². The number of nitrogens with zero attached hydrogens (tertiary/aromatic N) is 1. The van der Waals surface area contributed by atoms with Gasteiger partial charge in [-0.3, -0.25) is 10.1 Å². The number of hydrogen-bond donors (Lipinski definition) is 4. The highest BCUT2D eigenvalue weighted by Crippen LogP contribution is 2.48. The molecular weight excluding hydrogens is 618 g/mol. The van der Waals surface area contributed by atoms with Crippen LogP contribution >= 0.6 is 11.6 Å². The summed E-state index contributed by atoms with van der Waals surface area (Å²) in [5.74, 6) is 0.171. The number of aliphatic hydroxyl groups is 2. The molecule has 4 N–H and O–H groups in total. The summed E-state index contributed by atoms with van der Waals surface area (Å²) in [6.45, 7) is 9.55. The van der Waals surface area contributed by atoms with Crippen molar-refractivity contribution in [2.24, 2.45) is 5.92 Å². The molecule has 3 rings (SSSR count). The van der Waals surface area contributed by atoms with Gasteiger partial charge in [0.25, 0.3) is 0 Å². The molecule has 1 aromatic rings. The molecule has 0 radical (unpaired) electrons. The lowest BCUT2D eigenvalue weighted by atomic mass is 9.84. The van der Waals surface area contributed by atoms with Gasteiger partial charge in [-0.1, -0.05) is 49.2 Å². The molecule has 9 unspecified atom stereocenters. The van der Waals surface area contributed by atoms with Gasteiger partial charge in [-0.25, -0.2) is 4.79 Å². The van der Waals surface area contributed by atoms with Gasteiger partial charge in [0.2, 0.25) is 6.41 Å². The summed E-state index contributed by atoms with van der Waals surface area (Å²) < 4.78 is 28.7. The fraction of sp³-hybridized carbons (Fsp3) is 0.636. The zero-order valence-electron chi connectivity index (χ0n) is 28.2. The molecule has 2 amide bonds. The number of allylic oxidation sites excluding steroid dienone is 3. The first-order valence-corrected chi connectivity index (χ1v) is 15.9. The first-order valence-electron chi connectivity index (χ1n) is 15.5. The van der Waals surface area contributed by atoms with Crippen LogP contribution in [0.4, 0.5) is 10.5 Å². The topological polar surface area (TPSA) is 151 Å². The third-order valence-electron chi connectivity index (χ3n) is 8.95. The normalized spacial score (nSPS) is 28.1. The van der Waals surface area contributed by atoms with E-state index in [9.17, 15) is 19.8 Å². The second kappa shape index (κ2) is 15.9. The minimum Gasteiger partial charge on any atom is -0.495 e. The third-order valence-corrected chi connectivity index (χ3v) is 9.33. The number of amides is 2. The molecule has 2 fully saturated rings. The average molecular weight is 668 g/mol. The lowest BCUT2D eigenvalue weighted by Gasteiger charge is -2.42. The summed E-state index contributed by atoms with van der Waals surface area (Å²) in [6.07, 6.45) is 3.12. The molecule has 1 aromatic carbocycles. The molecule has 0 spiro atoms. The number of ether oxygens (including phenoxy) is 5. The Bertz CT molecular complexity index is 1280. The van der Waals surface area contributed by atoms with Gasteiger partial charge in [-0.15, -0.1) is 0 Å². The van der Waals surface area contributed by atoms with Gasteiger partial charge in [0.1, 0.15) is 28.6 Å². The summed E-state index contributed by atoms with van der Waals surface area (Å²) in [7, 11) is 6.33. The molecule has 2 saturated heterocycles. The number of alkyl carbamates (subject to hydrolysis) is 1. The number of cyclic esters (lactones) is 1. The number of benzene rings is 1. The number of likely N-dealkylation sites (N-methyl/N-ethyl adjacent to an activating group) is 1. The van der Waals surface area contributed by atoms with E-state index in [-0.39, 0.29) is 24.5 Å². The summed E-state index contributed by atoms with van der Waals surface area (Å²) in [6, 6.07) is 3.38. The summed E-state index contributed by atoms with van der Waals surface area (Å²) in [4.78, 5) is 25.4. The van der Waals surface area contributed by atoms with Crippen LogP contribution < -0.4 is 20.3 Å². The number of carbonyl (C=O) groups is 2. The Kier molecular flexibility index (Phi) is 13.1. The monoisotopic (exact) mass is 667 g/mol. The predicted octanol–water partition coefficient (Wildman–Crippen LogP) is 3.70. The zero-order valence-corrected chi connectivity index (χ0v) is 29.0. The van der Waals surface area contributed by atoms with Gasteiger partial charge in [0.15, 0.2) is 12.0 Å². The van der Waals surface area contributed by atoms with E-state index in [2.05, 4.69) is 10.6 Å². The molecule has 0 saturated carbocycles. The van der Waals surface area contributed by atoms with Crippen molar-refractivity contribution in [1.82, 2.24) is 10.6 Å². The quantitative estimate of drug-likeness (QED) is 0.0838. The minimum atomic E-state index is -1.75. The van der Waals surface area contributed by atoms with Gasteiger partial charge in [0.05, 0.1) is 31.0 Å². The SMILES string of the molecule is CCC(OC(O)C(C)NC)C1(C)OC1C(C)C1CC(O)(C(C=CC=C(C)Cc2cc(OC)c(Cl)c(N(C)C=O)c2)OC)NC(=O)O1.